The minimum absolute atomic E-state index is 0.00696. The first-order valence-electron chi connectivity index (χ1n) is 11.2. The molecule has 0 spiro atoms. The number of hydrogen-bond donors (Lipinski definition) is 2. The molecule has 0 saturated heterocycles. The van der Waals surface area contributed by atoms with Crippen LogP contribution in [0.15, 0.2) is 36.7 Å². The number of rotatable bonds is 5. The Morgan fingerprint density at radius 1 is 1.13 bits per heavy atom. The lowest BCUT2D eigenvalue weighted by molar-refractivity contribution is -0.284. The van der Waals surface area contributed by atoms with Gasteiger partial charge in [-0.3, -0.25) is 9.20 Å². The molecule has 3 N–H and O–H groups in total. The number of alkyl halides is 5. The number of fused-ring (bicyclic) bond motifs is 2. The minimum Gasteiger partial charge on any atom is -0.383 e. The summed E-state index contributed by atoms with van der Waals surface area (Å²) in [5.41, 5.74) is 4.92. The van der Waals surface area contributed by atoms with Gasteiger partial charge in [-0.15, -0.1) is 0 Å². The fraction of sp³-hybridized carbons (Fsp3) is 0.250. The number of hydrogen-bond acceptors (Lipinski definition) is 7. The molecule has 0 radical (unpaired) electrons. The van der Waals surface area contributed by atoms with Crippen LogP contribution in [0, 0.1) is 17.1 Å². The van der Waals surface area contributed by atoms with E-state index in [1.54, 1.807) is 6.92 Å². The van der Waals surface area contributed by atoms with E-state index in [4.69, 9.17) is 5.73 Å². The molecule has 1 aromatic carbocycles. The number of halogens is 6. The molecule has 1 unspecified atom stereocenters. The van der Waals surface area contributed by atoms with Gasteiger partial charge >= 0.3 is 12.1 Å². The molecule has 0 aliphatic carbocycles. The lowest BCUT2D eigenvalue weighted by atomic mass is 9.78. The molecule has 4 aromatic rings. The molecule has 39 heavy (non-hydrogen) atoms. The summed E-state index contributed by atoms with van der Waals surface area (Å²) in [4.78, 5) is 29.6. The zero-order chi connectivity index (χ0) is 28.3. The lowest BCUT2D eigenvalue weighted by Gasteiger charge is -2.23. The lowest BCUT2D eigenvalue weighted by Crippen LogP contribution is -2.36. The van der Waals surface area contributed by atoms with Crippen molar-refractivity contribution in [1.82, 2.24) is 24.3 Å². The van der Waals surface area contributed by atoms with E-state index in [2.05, 4.69) is 25.3 Å². The van der Waals surface area contributed by atoms with E-state index in [0.717, 1.165) is 10.6 Å². The summed E-state index contributed by atoms with van der Waals surface area (Å²) in [6, 6.07) is 7.03. The molecular weight excluding hydrogens is 530 g/mol. The van der Waals surface area contributed by atoms with Crippen LogP contribution in [0.4, 0.5) is 38.0 Å². The van der Waals surface area contributed by atoms with Crippen molar-refractivity contribution in [2.75, 3.05) is 11.1 Å². The normalized spacial score (nSPS) is 17.2. The number of nitrogens with zero attached hydrogens (tertiary/aromatic N) is 6. The molecule has 1 atom stereocenters. The summed E-state index contributed by atoms with van der Waals surface area (Å²) >= 11 is 0. The predicted octanol–water partition coefficient (Wildman–Crippen LogP) is 4.17. The van der Waals surface area contributed by atoms with Crippen molar-refractivity contribution in [3.8, 4) is 17.6 Å². The molecule has 0 saturated carbocycles. The van der Waals surface area contributed by atoms with Crippen LogP contribution in [-0.2, 0) is 16.6 Å². The van der Waals surface area contributed by atoms with E-state index >= 15 is 0 Å². The highest BCUT2D eigenvalue weighted by Crippen LogP contribution is 2.45. The fourth-order valence-corrected chi connectivity index (χ4v) is 4.41. The number of aryl methyl sites for hydroxylation is 1. The van der Waals surface area contributed by atoms with Crippen molar-refractivity contribution in [1.29, 1.82) is 5.26 Å². The summed E-state index contributed by atoms with van der Waals surface area (Å²) in [6.45, 7) is 1.55. The van der Waals surface area contributed by atoms with Gasteiger partial charge in [-0.2, -0.15) is 27.2 Å². The second-order valence-corrected chi connectivity index (χ2v) is 8.97. The van der Waals surface area contributed by atoms with Gasteiger partial charge in [-0.05, 0) is 31.0 Å². The average molecular weight is 546 g/mol. The molecule has 1 amide bonds. The van der Waals surface area contributed by atoms with Gasteiger partial charge < -0.3 is 11.1 Å². The Morgan fingerprint density at radius 2 is 1.82 bits per heavy atom. The standard InChI is InChI=1S/C24H16F6N8O/c1-22(11-2-4-12(25)5-3-11)16-17(32)35-18(36-19(16)37-21(22)39)15-10-38-13(8-31)9-33-20(38)14(34-15)6-7-23(26,27)24(28,29)30/h2-5,9-10H,6-7H2,1H3,(H3,32,35,36,37,39). The number of anilines is 2. The van der Waals surface area contributed by atoms with Crippen molar-refractivity contribution in [2.45, 2.75) is 37.3 Å². The molecule has 4 heterocycles. The molecule has 1 aliphatic heterocycles. The quantitative estimate of drug-likeness (QED) is 0.359. The van der Waals surface area contributed by atoms with Crippen molar-refractivity contribution >= 4 is 23.2 Å². The van der Waals surface area contributed by atoms with E-state index in [1.807, 2.05) is 6.07 Å². The number of nitrogens with one attached hydrogen (secondary N) is 1. The van der Waals surface area contributed by atoms with Gasteiger partial charge in [0.15, 0.2) is 11.5 Å². The van der Waals surface area contributed by atoms with Crippen LogP contribution in [0.1, 0.15) is 35.9 Å². The van der Waals surface area contributed by atoms with Gasteiger partial charge in [-0.1, -0.05) is 12.1 Å². The third-order valence-electron chi connectivity index (χ3n) is 6.54. The van der Waals surface area contributed by atoms with Crippen LogP contribution in [0.2, 0.25) is 0 Å². The second kappa shape index (κ2) is 8.65. The van der Waals surface area contributed by atoms with Crippen molar-refractivity contribution < 1.29 is 31.1 Å². The van der Waals surface area contributed by atoms with Crippen molar-refractivity contribution in [3.63, 3.8) is 0 Å². The first kappa shape index (κ1) is 25.9. The molecule has 15 heteroatoms. The zero-order valence-electron chi connectivity index (χ0n) is 19.8. The minimum atomic E-state index is -5.76. The molecule has 200 valence electrons. The monoisotopic (exact) mass is 546 g/mol. The zero-order valence-corrected chi connectivity index (χ0v) is 19.8. The van der Waals surface area contributed by atoms with Crippen LogP contribution < -0.4 is 11.1 Å². The SMILES string of the molecule is CC1(c2ccc(F)cc2)C(=O)Nc2nc(-c3cn4c(C#N)cnc4c(CCC(F)(F)C(F)(F)F)n3)nc(N)c21. The van der Waals surface area contributed by atoms with Crippen LogP contribution in [0.5, 0.6) is 0 Å². The predicted molar refractivity (Wildman–Crippen MR) is 124 cm³/mol. The largest absolute Gasteiger partial charge is 0.453 e. The van der Waals surface area contributed by atoms with Crippen LogP contribution in [-0.4, -0.2) is 42.3 Å². The van der Waals surface area contributed by atoms with Crippen molar-refractivity contribution in [2.24, 2.45) is 0 Å². The molecule has 3 aromatic heterocycles. The highest BCUT2D eigenvalue weighted by atomic mass is 19.4. The Hall–Kier alpha value is -4.74. The highest BCUT2D eigenvalue weighted by molar-refractivity contribution is 6.09. The van der Waals surface area contributed by atoms with Gasteiger partial charge in [0.2, 0.25) is 5.91 Å². The number of imidazole rings is 1. The number of carbonyl (C=O) groups excluding carboxylic acids is 1. The van der Waals surface area contributed by atoms with Crippen LogP contribution in [0.3, 0.4) is 0 Å². The Balaban J connectivity index is 1.62. The van der Waals surface area contributed by atoms with E-state index in [0.29, 0.717) is 5.56 Å². The number of nitriles is 1. The van der Waals surface area contributed by atoms with Gasteiger partial charge in [0.25, 0.3) is 0 Å². The van der Waals surface area contributed by atoms with Gasteiger partial charge in [-0.25, -0.2) is 24.3 Å². The molecule has 0 bridgehead atoms. The molecule has 9 nitrogen and oxygen atoms in total. The van der Waals surface area contributed by atoms with E-state index in [9.17, 15) is 36.4 Å². The number of aromatic nitrogens is 5. The topological polar surface area (TPSA) is 135 Å². The summed E-state index contributed by atoms with van der Waals surface area (Å²) in [6.07, 6.45) is -5.86. The summed E-state index contributed by atoms with van der Waals surface area (Å²) in [7, 11) is 0. The fourth-order valence-electron chi connectivity index (χ4n) is 4.41. The maximum absolute atomic E-state index is 13.7. The smallest absolute Gasteiger partial charge is 0.383 e. The average Bonchev–Trinajstić information content (AvgIpc) is 3.40. The summed E-state index contributed by atoms with van der Waals surface area (Å²) < 4.78 is 80.2. The highest BCUT2D eigenvalue weighted by Gasteiger charge is 2.56. The first-order valence-corrected chi connectivity index (χ1v) is 11.2. The van der Waals surface area contributed by atoms with Crippen LogP contribution in [0.25, 0.3) is 17.2 Å². The third-order valence-corrected chi connectivity index (χ3v) is 6.54. The van der Waals surface area contributed by atoms with Crippen LogP contribution >= 0.6 is 0 Å². The Morgan fingerprint density at radius 3 is 2.46 bits per heavy atom. The second-order valence-electron chi connectivity index (χ2n) is 8.97. The molecule has 5 rings (SSSR count). The maximum Gasteiger partial charge on any atom is 0.453 e. The van der Waals surface area contributed by atoms with Gasteiger partial charge in [0.1, 0.15) is 40.3 Å². The first-order chi connectivity index (χ1) is 18.3. The molecule has 1 aliphatic rings. The van der Waals surface area contributed by atoms with E-state index < -0.39 is 42.1 Å². The Bertz CT molecular complexity index is 1680. The summed E-state index contributed by atoms with van der Waals surface area (Å²) in [5.74, 6) is -6.37. The van der Waals surface area contributed by atoms with Crippen molar-refractivity contribution in [3.05, 3.63) is 65.0 Å². The Labute approximate surface area is 215 Å². The number of nitrogen functional groups attached to an aromatic ring is 1. The van der Waals surface area contributed by atoms with Gasteiger partial charge in [0.05, 0.1) is 17.5 Å². The van der Waals surface area contributed by atoms with E-state index in [-0.39, 0.29) is 45.8 Å². The Kier molecular flexibility index (Phi) is 5.74. The third kappa shape index (κ3) is 4.08. The summed E-state index contributed by atoms with van der Waals surface area (Å²) in [5, 5.41) is 12.0. The number of carbonyl (C=O) groups is 1. The molecular formula is C24H16F6N8O. The molecule has 0 fully saturated rings. The maximum atomic E-state index is 13.7. The number of nitrogens with two attached hydrogens (primary N) is 1. The number of benzene rings is 1. The number of amides is 1. The van der Waals surface area contributed by atoms with E-state index in [1.165, 1.54) is 30.5 Å². The van der Waals surface area contributed by atoms with Gasteiger partial charge in [0, 0.05) is 12.6 Å².